The molecule has 1 aliphatic heterocycles. The predicted octanol–water partition coefficient (Wildman–Crippen LogP) is 3.22. The number of nitrogens with zero attached hydrogens (tertiary/aromatic N) is 5. The number of pyridine rings is 2. The van der Waals surface area contributed by atoms with Gasteiger partial charge in [-0.1, -0.05) is 6.07 Å². The van der Waals surface area contributed by atoms with E-state index in [1.54, 1.807) is 18.2 Å². The van der Waals surface area contributed by atoms with Crippen LogP contribution in [0.15, 0.2) is 42.7 Å². The summed E-state index contributed by atoms with van der Waals surface area (Å²) in [6, 6.07) is 7.60. The molecule has 0 unspecified atom stereocenters. The van der Waals surface area contributed by atoms with Crippen molar-refractivity contribution in [1.82, 2.24) is 19.3 Å². The Bertz CT molecular complexity index is 1030. The fourth-order valence-electron chi connectivity index (χ4n) is 3.21. The van der Waals surface area contributed by atoms with Crippen molar-refractivity contribution in [1.29, 1.82) is 0 Å². The number of halogens is 3. The highest BCUT2D eigenvalue weighted by Crippen LogP contribution is 2.31. The first kappa shape index (κ1) is 18.1. The van der Waals surface area contributed by atoms with Crippen molar-refractivity contribution in [3.63, 3.8) is 0 Å². The molecule has 0 saturated carbocycles. The first-order chi connectivity index (χ1) is 13.3. The monoisotopic (exact) mass is 391 g/mol. The largest absolute Gasteiger partial charge is 0.465 e. The summed E-state index contributed by atoms with van der Waals surface area (Å²) in [5.41, 5.74) is 0.572. The van der Waals surface area contributed by atoms with Crippen LogP contribution in [0, 0.1) is 0 Å². The van der Waals surface area contributed by atoms with E-state index < -0.39 is 17.8 Å². The molecule has 1 saturated heterocycles. The fourth-order valence-corrected chi connectivity index (χ4v) is 3.21. The smallest absolute Gasteiger partial charge is 0.417 e. The molecule has 0 bridgehead atoms. The van der Waals surface area contributed by atoms with Crippen LogP contribution < -0.4 is 4.90 Å². The molecular weight excluding hydrogens is 375 g/mol. The Morgan fingerprint density at radius 2 is 1.82 bits per heavy atom. The van der Waals surface area contributed by atoms with E-state index in [9.17, 15) is 18.0 Å². The number of rotatable bonds is 2. The van der Waals surface area contributed by atoms with E-state index in [1.807, 2.05) is 4.90 Å². The number of hydrogen-bond donors (Lipinski definition) is 1. The Hall–Kier alpha value is -3.30. The zero-order valence-electron chi connectivity index (χ0n) is 14.6. The van der Waals surface area contributed by atoms with Gasteiger partial charge in [0.15, 0.2) is 0 Å². The zero-order valence-corrected chi connectivity index (χ0v) is 14.6. The van der Waals surface area contributed by atoms with Gasteiger partial charge in [-0.15, -0.1) is 0 Å². The molecular formula is C18H16F3N5O2. The molecule has 1 N–H and O–H groups in total. The van der Waals surface area contributed by atoms with Crippen LogP contribution in [0.4, 0.5) is 23.8 Å². The number of aromatic nitrogens is 3. The second kappa shape index (κ2) is 6.70. The molecule has 4 rings (SSSR count). The molecule has 3 aromatic heterocycles. The van der Waals surface area contributed by atoms with E-state index in [0.717, 1.165) is 12.3 Å². The van der Waals surface area contributed by atoms with Crippen molar-refractivity contribution in [2.45, 2.75) is 6.18 Å². The van der Waals surface area contributed by atoms with Crippen molar-refractivity contribution in [3.05, 3.63) is 48.3 Å². The van der Waals surface area contributed by atoms with Crippen molar-refractivity contribution in [2.24, 2.45) is 0 Å². The predicted molar refractivity (Wildman–Crippen MR) is 95.2 cm³/mol. The van der Waals surface area contributed by atoms with Gasteiger partial charge in [-0.2, -0.15) is 13.2 Å². The Labute approximate surface area is 157 Å². The van der Waals surface area contributed by atoms with E-state index in [4.69, 9.17) is 5.11 Å². The number of piperazine rings is 1. The van der Waals surface area contributed by atoms with E-state index >= 15 is 0 Å². The molecule has 3 aromatic rings. The van der Waals surface area contributed by atoms with Crippen LogP contribution >= 0.6 is 0 Å². The SMILES string of the molecule is O=C(O)N1CCN(c2cccc(-c3cnc4ccc(C(F)(F)F)cn34)n2)CC1. The van der Waals surface area contributed by atoms with Crippen LogP contribution in [0.3, 0.4) is 0 Å². The van der Waals surface area contributed by atoms with Gasteiger partial charge in [0, 0.05) is 32.4 Å². The van der Waals surface area contributed by atoms with Crippen molar-refractivity contribution in [2.75, 3.05) is 31.1 Å². The topological polar surface area (TPSA) is 74.0 Å². The maximum absolute atomic E-state index is 13.0. The molecule has 0 aromatic carbocycles. The molecule has 0 atom stereocenters. The van der Waals surface area contributed by atoms with Gasteiger partial charge in [0.05, 0.1) is 23.1 Å². The lowest BCUT2D eigenvalue weighted by Gasteiger charge is -2.33. The lowest BCUT2D eigenvalue weighted by atomic mass is 10.2. The minimum Gasteiger partial charge on any atom is -0.465 e. The molecule has 4 heterocycles. The van der Waals surface area contributed by atoms with Crippen molar-refractivity contribution < 1.29 is 23.1 Å². The molecule has 1 aliphatic rings. The summed E-state index contributed by atoms with van der Waals surface area (Å²) in [5.74, 6) is 0.643. The highest BCUT2D eigenvalue weighted by molar-refractivity contribution is 5.66. The summed E-state index contributed by atoms with van der Waals surface area (Å²) >= 11 is 0. The third kappa shape index (κ3) is 3.32. The van der Waals surface area contributed by atoms with Gasteiger partial charge in [0.25, 0.3) is 0 Å². The van der Waals surface area contributed by atoms with Gasteiger partial charge in [-0.3, -0.25) is 4.40 Å². The number of anilines is 1. The lowest BCUT2D eigenvalue weighted by molar-refractivity contribution is -0.137. The Morgan fingerprint density at radius 3 is 2.50 bits per heavy atom. The molecule has 0 spiro atoms. The van der Waals surface area contributed by atoms with Gasteiger partial charge in [0.2, 0.25) is 0 Å². The summed E-state index contributed by atoms with van der Waals surface area (Å²) in [7, 11) is 0. The average molecular weight is 391 g/mol. The summed E-state index contributed by atoms with van der Waals surface area (Å²) in [6.45, 7) is 1.72. The van der Waals surface area contributed by atoms with Gasteiger partial charge >= 0.3 is 12.3 Å². The van der Waals surface area contributed by atoms with Gasteiger partial charge in [0.1, 0.15) is 11.5 Å². The lowest BCUT2D eigenvalue weighted by Crippen LogP contribution is -2.48. The molecule has 1 amide bonds. The minimum atomic E-state index is -4.45. The van der Waals surface area contributed by atoms with E-state index in [-0.39, 0.29) is 0 Å². The Morgan fingerprint density at radius 1 is 1.07 bits per heavy atom. The highest BCUT2D eigenvalue weighted by Gasteiger charge is 2.31. The highest BCUT2D eigenvalue weighted by atomic mass is 19.4. The maximum atomic E-state index is 13.0. The minimum absolute atomic E-state index is 0.367. The van der Waals surface area contributed by atoms with Crippen LogP contribution in [0.1, 0.15) is 5.56 Å². The first-order valence-electron chi connectivity index (χ1n) is 8.57. The fraction of sp³-hybridized carbons (Fsp3) is 0.278. The van der Waals surface area contributed by atoms with Gasteiger partial charge < -0.3 is 14.9 Å². The molecule has 7 nitrogen and oxygen atoms in total. The number of hydrogen-bond acceptors (Lipinski definition) is 4. The number of imidazole rings is 1. The summed E-state index contributed by atoms with van der Waals surface area (Å²) < 4.78 is 40.5. The number of carboxylic acid groups (broad SMARTS) is 1. The third-order valence-corrected chi connectivity index (χ3v) is 4.70. The standard InChI is InChI=1S/C18H16F3N5O2/c19-18(20,21)12-4-5-15-22-10-14(26(15)11-12)13-2-1-3-16(23-13)24-6-8-25(9-7-24)17(27)28/h1-5,10-11H,6-9H2,(H,27,28). The quantitative estimate of drug-likeness (QED) is 0.726. The molecule has 0 aliphatic carbocycles. The van der Waals surface area contributed by atoms with Crippen molar-refractivity contribution in [3.8, 4) is 11.4 Å². The van der Waals surface area contributed by atoms with Crippen LogP contribution in [0.5, 0.6) is 0 Å². The third-order valence-electron chi connectivity index (χ3n) is 4.70. The molecule has 0 radical (unpaired) electrons. The second-order valence-electron chi connectivity index (χ2n) is 6.42. The normalized spacial score (nSPS) is 15.2. The average Bonchev–Trinajstić information content (AvgIpc) is 3.11. The van der Waals surface area contributed by atoms with E-state index in [2.05, 4.69) is 9.97 Å². The molecule has 146 valence electrons. The Balaban J connectivity index is 1.66. The maximum Gasteiger partial charge on any atom is 0.417 e. The number of carbonyl (C=O) groups is 1. The van der Waals surface area contributed by atoms with Gasteiger partial charge in [-0.05, 0) is 24.3 Å². The van der Waals surface area contributed by atoms with Crippen LogP contribution in [0.25, 0.3) is 17.0 Å². The van der Waals surface area contributed by atoms with Crippen LogP contribution in [-0.2, 0) is 6.18 Å². The number of fused-ring (bicyclic) bond motifs is 1. The molecule has 10 heteroatoms. The number of amides is 1. The van der Waals surface area contributed by atoms with Gasteiger partial charge in [-0.25, -0.2) is 14.8 Å². The first-order valence-corrected chi connectivity index (χ1v) is 8.57. The number of alkyl halides is 3. The molecule has 1 fully saturated rings. The van der Waals surface area contributed by atoms with Crippen LogP contribution in [0.2, 0.25) is 0 Å². The zero-order chi connectivity index (χ0) is 19.9. The van der Waals surface area contributed by atoms with E-state index in [1.165, 1.54) is 21.6 Å². The Kier molecular flexibility index (Phi) is 4.33. The van der Waals surface area contributed by atoms with Crippen LogP contribution in [-0.4, -0.2) is 56.6 Å². The second-order valence-corrected chi connectivity index (χ2v) is 6.42. The summed E-state index contributed by atoms with van der Waals surface area (Å²) in [6.07, 6.45) is -2.90. The summed E-state index contributed by atoms with van der Waals surface area (Å²) in [5, 5.41) is 9.05. The summed E-state index contributed by atoms with van der Waals surface area (Å²) in [4.78, 5) is 23.0. The molecule has 28 heavy (non-hydrogen) atoms. The van der Waals surface area contributed by atoms with E-state index in [0.29, 0.717) is 49.0 Å². The van der Waals surface area contributed by atoms with Crippen molar-refractivity contribution >= 4 is 17.6 Å².